The molecule has 1 aromatic carbocycles. The van der Waals surface area contributed by atoms with E-state index in [2.05, 4.69) is 5.32 Å². The summed E-state index contributed by atoms with van der Waals surface area (Å²) in [7, 11) is 1.32. The van der Waals surface area contributed by atoms with Gasteiger partial charge in [0, 0.05) is 7.05 Å². The predicted molar refractivity (Wildman–Crippen MR) is 85.1 cm³/mol. The Bertz CT molecular complexity index is 834. The van der Waals surface area contributed by atoms with Crippen molar-refractivity contribution >= 4 is 11.7 Å². The summed E-state index contributed by atoms with van der Waals surface area (Å²) in [5.74, 6) is -0.478. The summed E-state index contributed by atoms with van der Waals surface area (Å²) in [5.41, 5.74) is -2.34. The van der Waals surface area contributed by atoms with Gasteiger partial charge in [0.1, 0.15) is 17.2 Å². The first-order valence-corrected chi connectivity index (χ1v) is 7.34. The molecule has 1 aromatic heterocycles. The lowest BCUT2D eigenvalue weighted by molar-refractivity contribution is -0.141. The minimum Gasteiger partial charge on any atom is -0.387 e. The molecule has 0 saturated carbocycles. The quantitative estimate of drug-likeness (QED) is 0.721. The molecule has 0 fully saturated rings. The molecule has 1 unspecified atom stereocenters. The van der Waals surface area contributed by atoms with Crippen LogP contribution in [0.4, 0.5) is 28.0 Å². The summed E-state index contributed by atoms with van der Waals surface area (Å²) in [6.07, 6.45) is -5.82. The smallest absolute Gasteiger partial charge is 0.387 e. The summed E-state index contributed by atoms with van der Waals surface area (Å²) in [6, 6.07) is 5.67. The van der Waals surface area contributed by atoms with E-state index in [0.717, 1.165) is 23.1 Å². The molecule has 26 heavy (non-hydrogen) atoms. The van der Waals surface area contributed by atoms with Crippen molar-refractivity contribution in [3.05, 3.63) is 63.8 Å². The standard InChI is InChI=1S/C16H15F4N3O3/c1-23(8-12(24)9-2-4-10(17)5-3-9)15(26)21-11-6-7-13(16(18,19)20)22-14(11)25/h2-7,12,24H,8H2,1H3,(H,21,26)(H,22,25). The fourth-order valence-electron chi connectivity index (χ4n) is 2.08. The highest BCUT2D eigenvalue weighted by Gasteiger charge is 2.32. The summed E-state index contributed by atoms with van der Waals surface area (Å²) in [5, 5.41) is 12.2. The first kappa shape index (κ1) is 19.4. The van der Waals surface area contributed by atoms with Crippen molar-refractivity contribution in [1.82, 2.24) is 9.88 Å². The Labute approximate surface area is 145 Å². The number of aromatic amines is 1. The minimum atomic E-state index is -4.71. The largest absolute Gasteiger partial charge is 0.431 e. The molecule has 0 aliphatic carbocycles. The van der Waals surface area contributed by atoms with Crippen LogP contribution in [-0.4, -0.2) is 34.6 Å². The number of halogens is 4. The van der Waals surface area contributed by atoms with Gasteiger partial charge in [0.15, 0.2) is 0 Å². The van der Waals surface area contributed by atoms with Crippen LogP contribution in [0.15, 0.2) is 41.2 Å². The number of likely N-dealkylation sites (N-methyl/N-ethyl adjacent to an activating group) is 1. The third kappa shape index (κ3) is 4.82. The minimum absolute atomic E-state index is 0.185. The normalized spacial score (nSPS) is 12.5. The van der Waals surface area contributed by atoms with Gasteiger partial charge >= 0.3 is 12.2 Å². The molecule has 2 aromatic rings. The molecule has 0 saturated heterocycles. The molecule has 0 aliphatic heterocycles. The van der Waals surface area contributed by atoms with Gasteiger partial charge in [-0.05, 0) is 29.8 Å². The van der Waals surface area contributed by atoms with Gasteiger partial charge in [0.05, 0.1) is 12.6 Å². The fourth-order valence-corrected chi connectivity index (χ4v) is 2.08. The molecule has 0 spiro atoms. The molecule has 1 heterocycles. The zero-order valence-electron chi connectivity index (χ0n) is 13.5. The van der Waals surface area contributed by atoms with Gasteiger partial charge in [0.2, 0.25) is 0 Å². The van der Waals surface area contributed by atoms with Crippen LogP contribution in [-0.2, 0) is 6.18 Å². The SMILES string of the molecule is CN(CC(O)c1ccc(F)cc1)C(=O)Nc1ccc(C(F)(F)F)[nH]c1=O. The second-order valence-corrected chi connectivity index (χ2v) is 5.49. The predicted octanol–water partition coefficient (Wildman–Crippen LogP) is 2.73. The van der Waals surface area contributed by atoms with E-state index >= 15 is 0 Å². The third-order valence-electron chi connectivity index (χ3n) is 3.50. The molecule has 1 atom stereocenters. The van der Waals surface area contributed by atoms with Gasteiger partial charge in [-0.3, -0.25) is 4.79 Å². The Morgan fingerprint density at radius 3 is 2.38 bits per heavy atom. The van der Waals surface area contributed by atoms with Crippen LogP contribution in [0.25, 0.3) is 0 Å². The van der Waals surface area contributed by atoms with E-state index in [1.807, 2.05) is 0 Å². The van der Waals surface area contributed by atoms with Gasteiger partial charge in [-0.25, -0.2) is 9.18 Å². The Hall–Kier alpha value is -2.88. The molecule has 140 valence electrons. The highest BCUT2D eigenvalue weighted by atomic mass is 19.4. The summed E-state index contributed by atoms with van der Waals surface area (Å²) in [6.45, 7) is -0.185. The van der Waals surface area contributed by atoms with Gasteiger partial charge in [-0.1, -0.05) is 12.1 Å². The van der Waals surface area contributed by atoms with Crippen LogP contribution in [0, 0.1) is 5.82 Å². The number of alkyl halides is 3. The number of nitrogens with zero attached hydrogens (tertiary/aromatic N) is 1. The van der Waals surface area contributed by atoms with Crippen LogP contribution < -0.4 is 10.9 Å². The number of rotatable bonds is 4. The van der Waals surface area contributed by atoms with Crippen LogP contribution in [0.5, 0.6) is 0 Å². The molecular weight excluding hydrogens is 358 g/mol. The maximum absolute atomic E-state index is 12.9. The Morgan fingerprint density at radius 1 is 1.23 bits per heavy atom. The number of aliphatic hydroxyl groups is 1. The lowest BCUT2D eigenvalue weighted by Gasteiger charge is -2.21. The zero-order chi connectivity index (χ0) is 19.5. The van der Waals surface area contributed by atoms with E-state index in [0.29, 0.717) is 11.6 Å². The highest BCUT2D eigenvalue weighted by molar-refractivity contribution is 5.88. The molecular formula is C16H15F4N3O3. The number of benzene rings is 1. The molecule has 3 N–H and O–H groups in total. The van der Waals surface area contributed by atoms with Crippen molar-refractivity contribution in [2.24, 2.45) is 0 Å². The maximum Gasteiger partial charge on any atom is 0.431 e. The molecule has 0 bridgehead atoms. The summed E-state index contributed by atoms with van der Waals surface area (Å²) in [4.78, 5) is 26.3. The number of amides is 2. The number of hydrogen-bond donors (Lipinski definition) is 3. The molecule has 0 aliphatic rings. The lowest BCUT2D eigenvalue weighted by Crippen LogP contribution is -2.36. The lowest BCUT2D eigenvalue weighted by atomic mass is 10.1. The van der Waals surface area contributed by atoms with Gasteiger partial charge in [0.25, 0.3) is 5.56 Å². The molecule has 2 rings (SSSR count). The van der Waals surface area contributed by atoms with Crippen molar-refractivity contribution in [3.8, 4) is 0 Å². The number of aromatic nitrogens is 1. The van der Waals surface area contributed by atoms with Gasteiger partial charge in [-0.2, -0.15) is 13.2 Å². The van der Waals surface area contributed by atoms with Crippen LogP contribution in [0.2, 0.25) is 0 Å². The van der Waals surface area contributed by atoms with Crippen LogP contribution in [0.1, 0.15) is 17.4 Å². The van der Waals surface area contributed by atoms with Crippen LogP contribution >= 0.6 is 0 Å². The van der Waals surface area contributed by atoms with E-state index in [9.17, 15) is 32.3 Å². The second-order valence-electron chi connectivity index (χ2n) is 5.49. The first-order chi connectivity index (χ1) is 12.1. The van der Waals surface area contributed by atoms with E-state index in [-0.39, 0.29) is 12.2 Å². The Balaban J connectivity index is 2.03. The molecule has 10 heteroatoms. The van der Waals surface area contributed by atoms with E-state index in [1.165, 1.54) is 19.2 Å². The van der Waals surface area contributed by atoms with Crippen molar-refractivity contribution < 1.29 is 27.5 Å². The molecule has 6 nitrogen and oxygen atoms in total. The number of anilines is 1. The first-order valence-electron chi connectivity index (χ1n) is 7.34. The number of urea groups is 1. The third-order valence-corrected chi connectivity index (χ3v) is 3.50. The number of carbonyl (C=O) groups excluding carboxylic acids is 1. The average Bonchev–Trinajstić information content (AvgIpc) is 2.56. The van der Waals surface area contributed by atoms with Crippen molar-refractivity contribution in [1.29, 1.82) is 0 Å². The fraction of sp³-hybridized carbons (Fsp3) is 0.250. The van der Waals surface area contributed by atoms with E-state index in [4.69, 9.17) is 0 Å². The number of aliphatic hydroxyl groups excluding tert-OH is 1. The highest BCUT2D eigenvalue weighted by Crippen LogP contribution is 2.26. The Kier molecular flexibility index (Phi) is 5.66. The summed E-state index contributed by atoms with van der Waals surface area (Å²) >= 11 is 0. The van der Waals surface area contributed by atoms with Crippen LogP contribution in [0.3, 0.4) is 0 Å². The van der Waals surface area contributed by atoms with Gasteiger partial charge < -0.3 is 20.3 Å². The van der Waals surface area contributed by atoms with Crippen molar-refractivity contribution in [2.45, 2.75) is 12.3 Å². The monoisotopic (exact) mass is 373 g/mol. The second kappa shape index (κ2) is 7.56. The number of H-pyrrole nitrogens is 1. The molecule has 2 amide bonds. The number of hydrogen-bond acceptors (Lipinski definition) is 3. The van der Waals surface area contributed by atoms with Crippen molar-refractivity contribution in [3.63, 3.8) is 0 Å². The summed E-state index contributed by atoms with van der Waals surface area (Å²) < 4.78 is 50.4. The number of pyridine rings is 1. The van der Waals surface area contributed by atoms with E-state index in [1.54, 1.807) is 4.98 Å². The zero-order valence-corrected chi connectivity index (χ0v) is 13.5. The topological polar surface area (TPSA) is 85.4 Å². The van der Waals surface area contributed by atoms with Crippen molar-refractivity contribution in [2.75, 3.05) is 18.9 Å². The molecule has 0 radical (unpaired) electrons. The number of nitrogens with one attached hydrogen (secondary N) is 2. The van der Waals surface area contributed by atoms with Gasteiger partial charge in [-0.15, -0.1) is 0 Å². The number of carbonyl (C=O) groups is 1. The Morgan fingerprint density at radius 2 is 1.85 bits per heavy atom. The average molecular weight is 373 g/mol. The van der Waals surface area contributed by atoms with E-state index < -0.39 is 35.4 Å². The maximum atomic E-state index is 12.9.